The van der Waals surface area contributed by atoms with Crippen molar-refractivity contribution >= 4 is 30.1 Å². The van der Waals surface area contributed by atoms with Crippen molar-refractivity contribution in [2.45, 2.75) is 17.4 Å². The van der Waals surface area contributed by atoms with Crippen molar-refractivity contribution in [2.24, 2.45) is 0 Å². The fourth-order valence-corrected chi connectivity index (χ4v) is 2.71. The molecule has 7 heteroatoms. The van der Waals surface area contributed by atoms with Gasteiger partial charge < -0.3 is 15.4 Å². The predicted molar refractivity (Wildman–Crippen MR) is 84.6 cm³/mol. The maximum absolute atomic E-state index is 12.7. The van der Waals surface area contributed by atoms with Gasteiger partial charge in [0.25, 0.3) is 0 Å². The number of morpholine rings is 1. The van der Waals surface area contributed by atoms with Crippen molar-refractivity contribution < 1.29 is 13.9 Å². The van der Waals surface area contributed by atoms with Gasteiger partial charge in [0, 0.05) is 18.0 Å². The molecular weight excluding hydrogens is 315 g/mol. The molecule has 0 radical (unpaired) electrons. The number of ether oxygens (including phenoxy) is 1. The molecule has 118 valence electrons. The van der Waals surface area contributed by atoms with Gasteiger partial charge in [-0.3, -0.25) is 4.79 Å². The minimum absolute atomic E-state index is 0. The molecule has 1 atom stereocenters. The Balaban J connectivity index is 0.00000220. The summed E-state index contributed by atoms with van der Waals surface area (Å²) in [5.41, 5.74) is 0. The fourth-order valence-electron chi connectivity index (χ4n) is 1.86. The quantitative estimate of drug-likeness (QED) is 0.615. The van der Waals surface area contributed by atoms with Crippen LogP contribution in [0.25, 0.3) is 0 Å². The highest BCUT2D eigenvalue weighted by atomic mass is 35.5. The van der Waals surface area contributed by atoms with Gasteiger partial charge >= 0.3 is 0 Å². The molecule has 1 saturated heterocycles. The average molecular weight is 335 g/mol. The first-order chi connectivity index (χ1) is 9.75. The van der Waals surface area contributed by atoms with Gasteiger partial charge in [-0.15, -0.1) is 24.2 Å². The highest BCUT2D eigenvalue weighted by Gasteiger charge is 2.20. The summed E-state index contributed by atoms with van der Waals surface area (Å²) in [7, 11) is 0. The van der Waals surface area contributed by atoms with Crippen LogP contribution in [-0.2, 0) is 9.53 Å². The van der Waals surface area contributed by atoms with Crippen molar-refractivity contribution in [3.8, 4) is 0 Å². The Morgan fingerprint density at radius 2 is 2.19 bits per heavy atom. The first-order valence-electron chi connectivity index (χ1n) is 6.73. The van der Waals surface area contributed by atoms with Gasteiger partial charge in [-0.05, 0) is 36.4 Å². The van der Waals surface area contributed by atoms with Gasteiger partial charge in [0.15, 0.2) is 0 Å². The first-order valence-corrected chi connectivity index (χ1v) is 7.71. The Kier molecular flexibility index (Phi) is 8.68. The third kappa shape index (κ3) is 6.65. The van der Waals surface area contributed by atoms with Crippen LogP contribution in [0, 0.1) is 5.82 Å². The molecule has 0 spiro atoms. The van der Waals surface area contributed by atoms with Gasteiger partial charge in [0.1, 0.15) is 11.9 Å². The maximum Gasteiger partial charge on any atom is 0.239 e. The van der Waals surface area contributed by atoms with Crippen LogP contribution < -0.4 is 10.6 Å². The lowest BCUT2D eigenvalue weighted by molar-refractivity contribution is -0.125. The molecule has 2 N–H and O–H groups in total. The highest BCUT2D eigenvalue weighted by Crippen LogP contribution is 2.18. The molecule has 1 aromatic rings. The molecule has 1 unspecified atom stereocenters. The number of thioether (sulfide) groups is 1. The average Bonchev–Trinajstić information content (AvgIpc) is 2.49. The number of amides is 1. The predicted octanol–water partition coefficient (Wildman–Crippen LogP) is 1.83. The summed E-state index contributed by atoms with van der Waals surface area (Å²) < 4.78 is 18.0. The van der Waals surface area contributed by atoms with E-state index in [0.29, 0.717) is 19.8 Å². The molecule has 1 amide bonds. The number of hydrogen-bond donors (Lipinski definition) is 2. The van der Waals surface area contributed by atoms with Crippen LogP contribution >= 0.6 is 24.2 Å². The fraction of sp³-hybridized carbons (Fsp3) is 0.500. The van der Waals surface area contributed by atoms with Gasteiger partial charge in [0.05, 0.1) is 13.2 Å². The van der Waals surface area contributed by atoms with Gasteiger partial charge in [0.2, 0.25) is 5.91 Å². The summed E-state index contributed by atoms with van der Waals surface area (Å²) in [5.74, 6) is 0.667. The Morgan fingerprint density at radius 3 is 2.86 bits per heavy atom. The number of rotatable bonds is 6. The Morgan fingerprint density at radius 1 is 1.43 bits per heavy atom. The highest BCUT2D eigenvalue weighted by molar-refractivity contribution is 7.99. The van der Waals surface area contributed by atoms with Crippen molar-refractivity contribution in [1.29, 1.82) is 0 Å². The molecule has 21 heavy (non-hydrogen) atoms. The Bertz CT molecular complexity index is 427. The van der Waals surface area contributed by atoms with Crippen molar-refractivity contribution in [1.82, 2.24) is 10.6 Å². The number of carbonyl (C=O) groups excluding carboxylic acids is 1. The van der Waals surface area contributed by atoms with Crippen LogP contribution in [0.15, 0.2) is 29.2 Å². The van der Waals surface area contributed by atoms with E-state index in [1.807, 2.05) is 0 Å². The molecule has 4 nitrogen and oxygen atoms in total. The van der Waals surface area contributed by atoms with E-state index in [2.05, 4.69) is 10.6 Å². The van der Waals surface area contributed by atoms with Crippen molar-refractivity contribution in [2.75, 3.05) is 32.1 Å². The smallest absolute Gasteiger partial charge is 0.239 e. The van der Waals surface area contributed by atoms with E-state index in [1.165, 1.54) is 12.1 Å². The van der Waals surface area contributed by atoms with Crippen LogP contribution in [0.1, 0.15) is 6.42 Å². The first kappa shape index (κ1) is 18.2. The SMILES string of the molecule is Cl.O=C(NCCCSc1ccc(F)cc1)C1COCCN1. The molecule has 0 aliphatic carbocycles. The van der Waals surface area contributed by atoms with Crippen molar-refractivity contribution in [3.05, 3.63) is 30.1 Å². The van der Waals surface area contributed by atoms with E-state index in [-0.39, 0.29) is 30.2 Å². The zero-order chi connectivity index (χ0) is 14.2. The summed E-state index contributed by atoms with van der Waals surface area (Å²) in [5, 5.41) is 6.01. The lowest BCUT2D eigenvalue weighted by Crippen LogP contribution is -2.51. The van der Waals surface area contributed by atoms with Gasteiger partial charge in [-0.25, -0.2) is 4.39 Å². The van der Waals surface area contributed by atoms with E-state index >= 15 is 0 Å². The topological polar surface area (TPSA) is 50.4 Å². The molecule has 0 bridgehead atoms. The molecule has 0 saturated carbocycles. The lowest BCUT2D eigenvalue weighted by atomic mass is 10.2. The second-order valence-electron chi connectivity index (χ2n) is 4.53. The molecule has 2 rings (SSSR count). The van der Waals surface area contributed by atoms with Gasteiger partial charge in [-0.2, -0.15) is 0 Å². The third-order valence-corrected chi connectivity index (χ3v) is 4.04. The minimum Gasteiger partial charge on any atom is -0.378 e. The third-order valence-electron chi connectivity index (χ3n) is 2.94. The number of hydrogen-bond acceptors (Lipinski definition) is 4. The van der Waals surface area contributed by atoms with Crippen LogP contribution in [0.4, 0.5) is 4.39 Å². The molecule has 1 aliphatic heterocycles. The monoisotopic (exact) mass is 334 g/mol. The maximum atomic E-state index is 12.7. The second-order valence-corrected chi connectivity index (χ2v) is 5.70. The largest absolute Gasteiger partial charge is 0.378 e. The molecule has 1 heterocycles. The summed E-state index contributed by atoms with van der Waals surface area (Å²) in [4.78, 5) is 12.8. The zero-order valence-electron chi connectivity index (χ0n) is 11.6. The van der Waals surface area contributed by atoms with Crippen LogP contribution in [0.3, 0.4) is 0 Å². The standard InChI is InChI=1S/C14H19FN2O2S.ClH/c15-11-2-4-12(5-3-11)20-9-1-6-17-14(18)13-10-19-8-7-16-13;/h2-5,13,16H,1,6-10H2,(H,17,18);1H. The molecular formula is C14H20ClFN2O2S. The number of halogens is 2. The Hall–Kier alpha value is -0.820. The van der Waals surface area contributed by atoms with E-state index in [1.54, 1.807) is 23.9 Å². The van der Waals surface area contributed by atoms with E-state index in [9.17, 15) is 9.18 Å². The number of carbonyl (C=O) groups is 1. The lowest BCUT2D eigenvalue weighted by Gasteiger charge is -2.22. The molecule has 0 aromatic heterocycles. The summed E-state index contributed by atoms with van der Waals surface area (Å²) >= 11 is 1.66. The summed E-state index contributed by atoms with van der Waals surface area (Å²) in [6, 6.07) is 6.22. The number of nitrogens with one attached hydrogen (secondary N) is 2. The minimum atomic E-state index is -0.228. The summed E-state index contributed by atoms with van der Waals surface area (Å²) in [6.07, 6.45) is 0.876. The van der Waals surface area contributed by atoms with Gasteiger partial charge in [-0.1, -0.05) is 0 Å². The van der Waals surface area contributed by atoms with Crippen LogP contribution in [0.2, 0.25) is 0 Å². The van der Waals surface area contributed by atoms with Crippen molar-refractivity contribution in [3.63, 3.8) is 0 Å². The van der Waals surface area contributed by atoms with Crippen LogP contribution in [0.5, 0.6) is 0 Å². The molecule has 1 aliphatic rings. The van der Waals surface area contributed by atoms with E-state index in [0.717, 1.165) is 23.6 Å². The Labute approximate surface area is 134 Å². The zero-order valence-corrected chi connectivity index (χ0v) is 13.3. The van der Waals surface area contributed by atoms with Crippen LogP contribution in [-0.4, -0.2) is 44.0 Å². The molecule has 1 aromatic carbocycles. The van der Waals surface area contributed by atoms with E-state index in [4.69, 9.17) is 4.74 Å². The second kappa shape index (κ2) is 10.00. The molecule has 1 fully saturated rings. The number of benzene rings is 1. The summed E-state index contributed by atoms with van der Waals surface area (Å²) in [6.45, 7) is 2.47. The van der Waals surface area contributed by atoms with E-state index < -0.39 is 0 Å². The normalized spacial score (nSPS) is 17.9.